The molecule has 0 unspecified atom stereocenters. The molecule has 0 spiro atoms. The van der Waals surface area contributed by atoms with Crippen LogP contribution < -0.4 is 5.46 Å². The largest absolute Gasteiger partial charge is 0.493 e. The third kappa shape index (κ3) is 4.73. The molecular formula is C18H23BO2. The normalized spacial score (nSPS) is 10.6. The monoisotopic (exact) mass is 282 g/mol. The topological polar surface area (TPSA) is 18.5 Å². The average molecular weight is 282 g/mol. The molecule has 0 atom stereocenters. The maximum Gasteiger partial charge on any atom is 0.493 e. The molecule has 0 fully saturated rings. The van der Waals surface area contributed by atoms with Crippen LogP contribution in [0.1, 0.15) is 26.7 Å². The summed E-state index contributed by atoms with van der Waals surface area (Å²) in [6, 6.07) is 18.8. The highest BCUT2D eigenvalue weighted by atomic mass is 16.6. The van der Waals surface area contributed by atoms with Gasteiger partial charge in [-0.2, -0.15) is 0 Å². The highest BCUT2D eigenvalue weighted by Gasteiger charge is 2.21. The van der Waals surface area contributed by atoms with Crippen molar-refractivity contribution in [1.29, 1.82) is 0 Å². The van der Waals surface area contributed by atoms with Crippen LogP contribution in [0.2, 0.25) is 0 Å². The number of hydrogen-bond acceptors (Lipinski definition) is 2. The molecule has 0 amide bonds. The Balaban J connectivity index is 2.20. The Morgan fingerprint density at radius 2 is 1.38 bits per heavy atom. The standard InChI is InChI=1S/C18H23BO2/c1-3-13-20-19(21-14-4-2)18-12-8-11-17(15-18)16-9-6-5-7-10-16/h5-12,15H,3-4,13-14H2,1-2H3. The third-order valence-electron chi connectivity index (χ3n) is 3.21. The summed E-state index contributed by atoms with van der Waals surface area (Å²) in [5.74, 6) is 0. The van der Waals surface area contributed by atoms with Gasteiger partial charge in [-0.1, -0.05) is 68.4 Å². The van der Waals surface area contributed by atoms with Gasteiger partial charge in [-0.15, -0.1) is 0 Å². The lowest BCUT2D eigenvalue weighted by atomic mass is 9.77. The van der Waals surface area contributed by atoms with E-state index in [4.69, 9.17) is 9.31 Å². The predicted octanol–water partition coefficient (Wildman–Crippen LogP) is 3.90. The lowest BCUT2D eigenvalue weighted by Crippen LogP contribution is -2.37. The van der Waals surface area contributed by atoms with Gasteiger partial charge in [0.2, 0.25) is 0 Å². The molecule has 21 heavy (non-hydrogen) atoms. The van der Waals surface area contributed by atoms with Crippen molar-refractivity contribution in [3.05, 3.63) is 54.6 Å². The Bertz CT molecular complexity index is 520. The van der Waals surface area contributed by atoms with E-state index in [1.807, 2.05) is 6.07 Å². The Kier molecular flexibility index (Phi) is 6.51. The van der Waals surface area contributed by atoms with Crippen molar-refractivity contribution in [2.45, 2.75) is 26.7 Å². The second kappa shape index (κ2) is 8.65. The Hall–Kier alpha value is -1.58. The fourth-order valence-electron chi connectivity index (χ4n) is 2.19. The molecule has 0 aliphatic heterocycles. The summed E-state index contributed by atoms with van der Waals surface area (Å²) in [5, 5.41) is 0. The Morgan fingerprint density at radius 1 is 0.762 bits per heavy atom. The number of rotatable bonds is 8. The zero-order valence-corrected chi connectivity index (χ0v) is 12.9. The van der Waals surface area contributed by atoms with Crippen molar-refractivity contribution in [2.24, 2.45) is 0 Å². The first-order chi connectivity index (χ1) is 10.3. The summed E-state index contributed by atoms with van der Waals surface area (Å²) in [6.45, 7) is 5.64. The highest BCUT2D eigenvalue weighted by molar-refractivity contribution is 6.61. The van der Waals surface area contributed by atoms with E-state index in [9.17, 15) is 0 Å². The van der Waals surface area contributed by atoms with Crippen molar-refractivity contribution >= 4 is 12.6 Å². The van der Waals surface area contributed by atoms with Gasteiger partial charge < -0.3 is 9.31 Å². The van der Waals surface area contributed by atoms with E-state index in [1.54, 1.807) is 0 Å². The van der Waals surface area contributed by atoms with Crippen LogP contribution in [0.4, 0.5) is 0 Å². The Labute approximate surface area is 128 Å². The molecule has 0 bridgehead atoms. The molecule has 3 heteroatoms. The van der Waals surface area contributed by atoms with E-state index < -0.39 is 0 Å². The maximum atomic E-state index is 5.85. The van der Waals surface area contributed by atoms with Crippen molar-refractivity contribution < 1.29 is 9.31 Å². The van der Waals surface area contributed by atoms with Gasteiger partial charge in [-0.3, -0.25) is 0 Å². The van der Waals surface area contributed by atoms with Crippen molar-refractivity contribution in [3.8, 4) is 11.1 Å². The van der Waals surface area contributed by atoms with Crippen molar-refractivity contribution in [3.63, 3.8) is 0 Å². The van der Waals surface area contributed by atoms with Gasteiger partial charge in [0.15, 0.2) is 0 Å². The second-order valence-corrected chi connectivity index (χ2v) is 5.06. The van der Waals surface area contributed by atoms with Crippen molar-refractivity contribution in [2.75, 3.05) is 13.2 Å². The molecule has 0 heterocycles. The molecule has 2 rings (SSSR count). The van der Waals surface area contributed by atoms with Gasteiger partial charge in [-0.05, 0) is 29.4 Å². The van der Waals surface area contributed by atoms with Crippen LogP contribution in [0.5, 0.6) is 0 Å². The van der Waals surface area contributed by atoms with E-state index >= 15 is 0 Å². The summed E-state index contributed by atoms with van der Waals surface area (Å²) in [7, 11) is -0.270. The van der Waals surface area contributed by atoms with Crippen LogP contribution in [0.25, 0.3) is 11.1 Å². The zero-order chi connectivity index (χ0) is 14.9. The van der Waals surface area contributed by atoms with E-state index in [0.717, 1.165) is 18.3 Å². The lowest BCUT2D eigenvalue weighted by Gasteiger charge is -2.15. The first kappa shape index (κ1) is 15.8. The quantitative estimate of drug-likeness (QED) is 0.684. The SMILES string of the molecule is CCCOB(OCCC)c1cccc(-c2ccccc2)c1. The number of benzene rings is 2. The third-order valence-corrected chi connectivity index (χ3v) is 3.21. The van der Waals surface area contributed by atoms with E-state index in [-0.39, 0.29) is 7.12 Å². The van der Waals surface area contributed by atoms with Crippen LogP contribution in [0, 0.1) is 0 Å². The predicted molar refractivity (Wildman–Crippen MR) is 89.8 cm³/mol. The zero-order valence-electron chi connectivity index (χ0n) is 12.9. The lowest BCUT2D eigenvalue weighted by molar-refractivity contribution is 0.207. The molecule has 0 radical (unpaired) electrons. The number of hydrogen-bond donors (Lipinski definition) is 0. The highest BCUT2D eigenvalue weighted by Crippen LogP contribution is 2.17. The van der Waals surface area contributed by atoms with Crippen LogP contribution in [0.3, 0.4) is 0 Å². The van der Waals surface area contributed by atoms with Crippen LogP contribution in [0.15, 0.2) is 54.6 Å². The molecule has 0 saturated heterocycles. The fraction of sp³-hybridized carbons (Fsp3) is 0.333. The van der Waals surface area contributed by atoms with Gasteiger partial charge in [0.25, 0.3) is 0 Å². The van der Waals surface area contributed by atoms with Gasteiger partial charge in [0.1, 0.15) is 0 Å². The molecule has 0 aliphatic carbocycles. The first-order valence-electron chi connectivity index (χ1n) is 7.73. The Morgan fingerprint density at radius 3 is 2.00 bits per heavy atom. The molecular weight excluding hydrogens is 259 g/mol. The molecule has 0 aliphatic rings. The molecule has 2 nitrogen and oxygen atoms in total. The fourth-order valence-corrected chi connectivity index (χ4v) is 2.19. The summed E-state index contributed by atoms with van der Waals surface area (Å²) >= 11 is 0. The maximum absolute atomic E-state index is 5.85. The molecule has 110 valence electrons. The minimum atomic E-state index is -0.270. The summed E-state index contributed by atoms with van der Waals surface area (Å²) < 4.78 is 11.7. The molecule has 2 aromatic rings. The van der Waals surface area contributed by atoms with Gasteiger partial charge in [-0.25, -0.2) is 0 Å². The average Bonchev–Trinajstić information content (AvgIpc) is 2.56. The first-order valence-corrected chi connectivity index (χ1v) is 7.73. The van der Waals surface area contributed by atoms with Crippen molar-refractivity contribution in [1.82, 2.24) is 0 Å². The van der Waals surface area contributed by atoms with E-state index in [1.165, 1.54) is 11.1 Å². The molecule has 0 aromatic heterocycles. The van der Waals surface area contributed by atoms with E-state index in [2.05, 4.69) is 62.4 Å². The van der Waals surface area contributed by atoms with Crippen LogP contribution >= 0.6 is 0 Å². The smallest absolute Gasteiger partial charge is 0.407 e. The minimum Gasteiger partial charge on any atom is -0.407 e. The van der Waals surface area contributed by atoms with Gasteiger partial charge >= 0.3 is 7.12 Å². The minimum absolute atomic E-state index is 0.270. The molecule has 0 N–H and O–H groups in total. The van der Waals surface area contributed by atoms with Crippen LogP contribution in [-0.2, 0) is 9.31 Å². The van der Waals surface area contributed by atoms with Crippen LogP contribution in [-0.4, -0.2) is 20.3 Å². The van der Waals surface area contributed by atoms with Gasteiger partial charge in [0, 0.05) is 13.2 Å². The second-order valence-electron chi connectivity index (χ2n) is 5.06. The summed E-state index contributed by atoms with van der Waals surface area (Å²) in [4.78, 5) is 0. The summed E-state index contributed by atoms with van der Waals surface area (Å²) in [5.41, 5.74) is 3.49. The molecule has 0 saturated carbocycles. The van der Waals surface area contributed by atoms with E-state index in [0.29, 0.717) is 13.2 Å². The van der Waals surface area contributed by atoms with Gasteiger partial charge in [0.05, 0.1) is 0 Å². The molecule has 2 aromatic carbocycles. The summed E-state index contributed by atoms with van der Waals surface area (Å²) in [6.07, 6.45) is 1.98.